The fraction of sp³-hybridized carbons (Fsp3) is 0.409. The van der Waals surface area contributed by atoms with E-state index in [4.69, 9.17) is 5.11 Å². The summed E-state index contributed by atoms with van der Waals surface area (Å²) < 4.78 is 0. The highest BCUT2D eigenvalue weighted by Gasteiger charge is 2.40. The first kappa shape index (κ1) is 17.9. The lowest BCUT2D eigenvalue weighted by molar-refractivity contribution is 0.0697. The molecule has 3 rings (SSSR count). The Hall–Kier alpha value is -1.87. The molecule has 132 valence electrons. The number of thiophene rings is 1. The molecule has 0 amide bonds. The van der Waals surface area contributed by atoms with Crippen LogP contribution in [0.3, 0.4) is 0 Å². The van der Waals surface area contributed by atoms with Gasteiger partial charge in [-0.15, -0.1) is 11.3 Å². The van der Waals surface area contributed by atoms with E-state index < -0.39 is 5.97 Å². The molecule has 0 unspecified atom stereocenters. The van der Waals surface area contributed by atoms with Gasteiger partial charge in [0.15, 0.2) is 0 Å². The fourth-order valence-corrected chi connectivity index (χ4v) is 5.27. The average Bonchev–Trinajstić information content (AvgIpc) is 2.89. The van der Waals surface area contributed by atoms with Gasteiger partial charge in [-0.1, -0.05) is 45.9 Å². The smallest absolute Gasteiger partial charge is 0.335 e. The molecule has 0 spiro atoms. The van der Waals surface area contributed by atoms with E-state index in [2.05, 4.69) is 46.8 Å². The number of carboxylic acid groups (broad SMARTS) is 1. The van der Waals surface area contributed by atoms with Crippen molar-refractivity contribution in [3.05, 3.63) is 56.3 Å². The van der Waals surface area contributed by atoms with Crippen molar-refractivity contribution in [2.75, 3.05) is 0 Å². The lowest BCUT2D eigenvalue weighted by Crippen LogP contribution is -2.32. The van der Waals surface area contributed by atoms with Gasteiger partial charge in [0, 0.05) is 9.75 Å². The molecule has 0 aliphatic heterocycles. The Morgan fingerprint density at radius 1 is 1.04 bits per heavy atom. The second-order valence-corrected chi connectivity index (χ2v) is 9.38. The van der Waals surface area contributed by atoms with Crippen LogP contribution in [-0.4, -0.2) is 11.1 Å². The minimum absolute atomic E-state index is 0.237. The van der Waals surface area contributed by atoms with Crippen LogP contribution in [0, 0.1) is 6.92 Å². The Morgan fingerprint density at radius 2 is 1.64 bits per heavy atom. The third-order valence-corrected chi connectivity index (χ3v) is 7.06. The number of rotatable bonds is 3. The van der Waals surface area contributed by atoms with E-state index in [0.717, 1.165) is 5.56 Å². The van der Waals surface area contributed by atoms with Crippen molar-refractivity contribution in [1.29, 1.82) is 0 Å². The van der Waals surface area contributed by atoms with E-state index >= 15 is 0 Å². The van der Waals surface area contributed by atoms with E-state index in [1.807, 2.05) is 23.5 Å². The highest BCUT2D eigenvalue weighted by Crippen LogP contribution is 2.51. The van der Waals surface area contributed by atoms with Crippen molar-refractivity contribution in [3.8, 4) is 0 Å². The van der Waals surface area contributed by atoms with Gasteiger partial charge in [-0.2, -0.15) is 0 Å². The maximum atomic E-state index is 11.0. The number of aromatic carboxylic acids is 1. The van der Waals surface area contributed by atoms with Crippen LogP contribution >= 0.6 is 11.3 Å². The van der Waals surface area contributed by atoms with Crippen molar-refractivity contribution < 1.29 is 9.90 Å². The molecule has 1 aromatic heterocycles. The molecule has 1 aliphatic rings. The van der Waals surface area contributed by atoms with Gasteiger partial charge in [0.1, 0.15) is 0 Å². The number of carbonyl (C=O) groups is 1. The molecular weight excluding hydrogens is 328 g/mol. The van der Waals surface area contributed by atoms with Gasteiger partial charge in [-0.25, -0.2) is 4.79 Å². The molecule has 1 heterocycles. The van der Waals surface area contributed by atoms with Crippen LogP contribution in [0.5, 0.6) is 0 Å². The Kier molecular flexibility index (Phi) is 4.40. The summed E-state index contributed by atoms with van der Waals surface area (Å²) in [5.41, 5.74) is 4.76. The molecule has 0 saturated heterocycles. The summed E-state index contributed by atoms with van der Waals surface area (Å²) in [6, 6.07) is 7.02. The minimum Gasteiger partial charge on any atom is -0.478 e. The van der Waals surface area contributed by atoms with E-state index in [9.17, 15) is 4.79 Å². The quantitative estimate of drug-likeness (QED) is 0.705. The molecule has 1 aromatic carbocycles. The summed E-state index contributed by atoms with van der Waals surface area (Å²) in [6.07, 6.45) is 6.72. The van der Waals surface area contributed by atoms with Gasteiger partial charge in [-0.05, 0) is 65.5 Å². The molecule has 2 aromatic rings. The number of hydrogen-bond acceptors (Lipinski definition) is 2. The van der Waals surface area contributed by atoms with Gasteiger partial charge in [0.25, 0.3) is 0 Å². The molecule has 1 N–H and O–H groups in total. The highest BCUT2D eigenvalue weighted by atomic mass is 32.1. The Balaban J connectivity index is 1.96. The summed E-state index contributed by atoms with van der Waals surface area (Å²) in [4.78, 5) is 13.8. The number of hydrogen-bond donors (Lipinski definition) is 1. The van der Waals surface area contributed by atoms with Gasteiger partial charge >= 0.3 is 5.97 Å². The predicted octanol–water partition coefficient (Wildman–Crippen LogP) is 6.27. The number of benzene rings is 1. The molecule has 0 radical (unpaired) electrons. The normalized spacial score (nSPS) is 18.3. The Labute approximate surface area is 154 Å². The fourth-order valence-electron chi connectivity index (χ4n) is 3.75. The van der Waals surface area contributed by atoms with Crippen molar-refractivity contribution in [3.63, 3.8) is 0 Å². The summed E-state index contributed by atoms with van der Waals surface area (Å²) in [5, 5.41) is 9.00. The van der Waals surface area contributed by atoms with Gasteiger partial charge in [0.2, 0.25) is 0 Å². The molecule has 2 nitrogen and oxygen atoms in total. The van der Waals surface area contributed by atoms with E-state index in [0.29, 0.717) is 5.56 Å². The first-order valence-corrected chi connectivity index (χ1v) is 9.59. The van der Waals surface area contributed by atoms with Crippen LogP contribution in [0.1, 0.15) is 77.3 Å². The van der Waals surface area contributed by atoms with E-state index in [1.165, 1.54) is 33.7 Å². The zero-order valence-corrected chi connectivity index (χ0v) is 16.5. The molecular formula is C22H26O2S. The minimum atomic E-state index is -0.887. The summed E-state index contributed by atoms with van der Waals surface area (Å²) in [7, 11) is 0. The first-order chi connectivity index (χ1) is 11.6. The average molecular weight is 355 g/mol. The lowest BCUT2D eigenvalue weighted by Gasteiger charge is -2.39. The van der Waals surface area contributed by atoms with Crippen LogP contribution in [0.2, 0.25) is 0 Å². The molecule has 3 heteroatoms. The second kappa shape index (κ2) is 6.14. The summed E-state index contributed by atoms with van der Waals surface area (Å²) >= 11 is 1.92. The van der Waals surface area contributed by atoms with Gasteiger partial charge in [-0.3, -0.25) is 0 Å². The zero-order chi connectivity index (χ0) is 18.4. The SMILES string of the molecule is Cc1c(/C=C\c2ccc(C(=O)O)cc2)sc2c1C(C)(C)CCC2(C)C. The largest absolute Gasteiger partial charge is 0.478 e. The second-order valence-electron chi connectivity index (χ2n) is 8.32. The lowest BCUT2D eigenvalue weighted by atomic mass is 9.66. The third-order valence-electron chi connectivity index (χ3n) is 5.43. The Bertz CT molecular complexity index is 836. The van der Waals surface area contributed by atoms with E-state index in [-0.39, 0.29) is 10.8 Å². The van der Waals surface area contributed by atoms with Crippen molar-refractivity contribution in [2.24, 2.45) is 0 Å². The van der Waals surface area contributed by atoms with Gasteiger partial charge in [0.05, 0.1) is 5.56 Å². The zero-order valence-electron chi connectivity index (χ0n) is 15.6. The number of fused-ring (bicyclic) bond motifs is 1. The topological polar surface area (TPSA) is 37.3 Å². The standard InChI is InChI=1S/C22H26O2S/c1-14-17(11-8-15-6-9-16(10-7-15)20(23)24)25-19-18(14)21(2,3)12-13-22(19,4)5/h6-11H,12-13H2,1-5H3,(H,23,24)/b11-8-. The van der Waals surface area contributed by atoms with E-state index in [1.54, 1.807) is 12.1 Å². The van der Waals surface area contributed by atoms with Crippen LogP contribution in [0.15, 0.2) is 24.3 Å². The number of carboxylic acids is 1. The predicted molar refractivity (Wildman–Crippen MR) is 107 cm³/mol. The molecule has 0 bridgehead atoms. The van der Waals surface area contributed by atoms with Crippen molar-refractivity contribution >= 4 is 29.5 Å². The first-order valence-electron chi connectivity index (χ1n) is 8.78. The van der Waals surface area contributed by atoms with Crippen molar-refractivity contribution in [1.82, 2.24) is 0 Å². The van der Waals surface area contributed by atoms with Crippen LogP contribution < -0.4 is 0 Å². The maximum Gasteiger partial charge on any atom is 0.335 e. The monoisotopic (exact) mass is 354 g/mol. The molecule has 0 atom stereocenters. The highest BCUT2D eigenvalue weighted by molar-refractivity contribution is 7.13. The molecule has 0 saturated carbocycles. The summed E-state index contributed by atoms with van der Waals surface area (Å²) in [6.45, 7) is 11.7. The maximum absolute atomic E-state index is 11.0. The molecule has 1 aliphatic carbocycles. The van der Waals surface area contributed by atoms with Gasteiger partial charge < -0.3 is 5.11 Å². The van der Waals surface area contributed by atoms with Crippen molar-refractivity contribution in [2.45, 2.75) is 58.3 Å². The molecule has 0 fully saturated rings. The van der Waals surface area contributed by atoms with Crippen LogP contribution in [0.4, 0.5) is 0 Å². The Morgan fingerprint density at radius 3 is 2.20 bits per heavy atom. The van der Waals surface area contributed by atoms with Crippen LogP contribution in [0.25, 0.3) is 12.2 Å². The molecule has 25 heavy (non-hydrogen) atoms. The third kappa shape index (κ3) is 3.30. The van der Waals surface area contributed by atoms with Crippen LogP contribution in [-0.2, 0) is 10.8 Å². The summed E-state index contributed by atoms with van der Waals surface area (Å²) in [5.74, 6) is -0.887.